The lowest BCUT2D eigenvalue weighted by Gasteiger charge is -2.13. The Morgan fingerprint density at radius 1 is 1.00 bits per heavy atom. The third-order valence-corrected chi connectivity index (χ3v) is 2.40. The maximum Gasteiger partial charge on any atom is 0.190 e. The molecule has 0 bridgehead atoms. The number of rotatable bonds is 7. The lowest BCUT2D eigenvalue weighted by molar-refractivity contribution is 0.533. The van der Waals surface area contributed by atoms with Crippen molar-refractivity contribution >= 4 is 5.96 Å². The van der Waals surface area contributed by atoms with Crippen molar-refractivity contribution in [2.75, 3.05) is 20.1 Å². The van der Waals surface area contributed by atoms with Crippen molar-refractivity contribution < 1.29 is 0 Å². The molecule has 0 unspecified atom stereocenters. The van der Waals surface area contributed by atoms with Gasteiger partial charge in [-0.2, -0.15) is 0 Å². The van der Waals surface area contributed by atoms with Crippen LogP contribution in [0.25, 0.3) is 0 Å². The van der Waals surface area contributed by atoms with Gasteiger partial charge in [-0.15, -0.1) is 0 Å². The fourth-order valence-corrected chi connectivity index (χ4v) is 1.41. The lowest BCUT2D eigenvalue weighted by atomic mass is 10.1. The topological polar surface area (TPSA) is 36.4 Å². The zero-order valence-electron chi connectivity index (χ0n) is 11.6. The average Bonchev–Trinajstić information content (AvgIpc) is 2.21. The van der Waals surface area contributed by atoms with Gasteiger partial charge < -0.3 is 10.6 Å². The van der Waals surface area contributed by atoms with Crippen LogP contribution in [0.15, 0.2) is 4.99 Å². The van der Waals surface area contributed by atoms with Crippen molar-refractivity contribution in [3.63, 3.8) is 0 Å². The van der Waals surface area contributed by atoms with E-state index in [1.807, 2.05) is 7.05 Å². The van der Waals surface area contributed by atoms with E-state index < -0.39 is 0 Å². The third kappa shape index (κ3) is 9.81. The second-order valence-electron chi connectivity index (χ2n) is 5.16. The van der Waals surface area contributed by atoms with E-state index in [4.69, 9.17) is 0 Å². The first-order valence-electron chi connectivity index (χ1n) is 6.50. The molecule has 0 spiro atoms. The zero-order chi connectivity index (χ0) is 12.4. The van der Waals surface area contributed by atoms with E-state index in [9.17, 15) is 0 Å². The van der Waals surface area contributed by atoms with Gasteiger partial charge in [-0.3, -0.25) is 4.99 Å². The van der Waals surface area contributed by atoms with E-state index in [0.29, 0.717) is 5.92 Å². The molecule has 0 aromatic heterocycles. The summed E-state index contributed by atoms with van der Waals surface area (Å²) < 4.78 is 0. The molecule has 0 aromatic rings. The van der Waals surface area contributed by atoms with E-state index in [0.717, 1.165) is 25.0 Å². The first-order chi connectivity index (χ1) is 7.56. The van der Waals surface area contributed by atoms with Crippen LogP contribution in [0.2, 0.25) is 0 Å². The Labute approximate surface area is 101 Å². The number of guanidine groups is 1. The number of hydrogen-bond donors (Lipinski definition) is 2. The van der Waals surface area contributed by atoms with E-state index in [-0.39, 0.29) is 0 Å². The second-order valence-corrected chi connectivity index (χ2v) is 5.16. The Morgan fingerprint density at radius 2 is 1.69 bits per heavy atom. The van der Waals surface area contributed by atoms with Crippen molar-refractivity contribution in [1.82, 2.24) is 10.6 Å². The molecule has 0 fully saturated rings. The van der Waals surface area contributed by atoms with Crippen molar-refractivity contribution in [2.24, 2.45) is 16.8 Å². The summed E-state index contributed by atoms with van der Waals surface area (Å²) in [6.45, 7) is 10.9. The molecule has 0 heterocycles. The van der Waals surface area contributed by atoms with Gasteiger partial charge in [0.15, 0.2) is 5.96 Å². The molecule has 96 valence electrons. The van der Waals surface area contributed by atoms with Crippen LogP contribution in [0, 0.1) is 11.8 Å². The average molecular weight is 227 g/mol. The molecule has 0 saturated carbocycles. The van der Waals surface area contributed by atoms with E-state index in [2.05, 4.69) is 43.3 Å². The summed E-state index contributed by atoms with van der Waals surface area (Å²) in [5.41, 5.74) is 0. The normalized spacial score (nSPS) is 12.3. The van der Waals surface area contributed by atoms with Gasteiger partial charge in [0.2, 0.25) is 0 Å². The van der Waals surface area contributed by atoms with Crippen LogP contribution in [-0.2, 0) is 0 Å². The molecule has 0 aliphatic heterocycles. The molecule has 3 heteroatoms. The molecule has 3 nitrogen and oxygen atoms in total. The molecule has 16 heavy (non-hydrogen) atoms. The molecule has 0 aromatic carbocycles. The summed E-state index contributed by atoms with van der Waals surface area (Å²) in [5.74, 6) is 2.40. The monoisotopic (exact) mass is 227 g/mol. The molecule has 0 aliphatic rings. The molecule has 0 rings (SSSR count). The minimum atomic E-state index is 0.652. The van der Waals surface area contributed by atoms with Crippen LogP contribution in [0.3, 0.4) is 0 Å². The number of aliphatic imine (C=N–C) groups is 1. The fourth-order valence-electron chi connectivity index (χ4n) is 1.41. The molecule has 0 radical (unpaired) electrons. The van der Waals surface area contributed by atoms with Crippen LogP contribution in [-0.4, -0.2) is 26.1 Å². The summed E-state index contributed by atoms with van der Waals surface area (Å²) in [4.78, 5) is 4.19. The van der Waals surface area contributed by atoms with Crippen LogP contribution in [0.1, 0.15) is 47.0 Å². The van der Waals surface area contributed by atoms with E-state index in [1.54, 1.807) is 0 Å². The highest BCUT2D eigenvalue weighted by atomic mass is 15.2. The first-order valence-corrected chi connectivity index (χ1v) is 6.50. The summed E-state index contributed by atoms with van der Waals surface area (Å²) in [6, 6.07) is 0. The maximum atomic E-state index is 4.19. The maximum absolute atomic E-state index is 4.19. The molecule has 2 N–H and O–H groups in total. The van der Waals surface area contributed by atoms with Crippen LogP contribution in [0.4, 0.5) is 0 Å². The summed E-state index contributed by atoms with van der Waals surface area (Å²) in [7, 11) is 1.82. The van der Waals surface area contributed by atoms with Crippen LogP contribution in [0.5, 0.6) is 0 Å². The number of nitrogens with one attached hydrogen (secondary N) is 2. The van der Waals surface area contributed by atoms with Gasteiger partial charge in [-0.25, -0.2) is 0 Å². The Hall–Kier alpha value is -0.730. The first kappa shape index (κ1) is 15.3. The molecule has 0 saturated heterocycles. The predicted octanol–water partition coefficient (Wildman–Crippen LogP) is 2.63. The van der Waals surface area contributed by atoms with Gasteiger partial charge in [0.05, 0.1) is 0 Å². The van der Waals surface area contributed by atoms with E-state index in [1.165, 1.54) is 19.3 Å². The number of hydrogen-bond acceptors (Lipinski definition) is 1. The summed E-state index contributed by atoms with van der Waals surface area (Å²) in [5, 5.41) is 6.64. The Balaban J connectivity index is 3.49. The van der Waals surface area contributed by atoms with Gasteiger partial charge >= 0.3 is 0 Å². The highest BCUT2D eigenvalue weighted by Gasteiger charge is 1.99. The minimum Gasteiger partial charge on any atom is -0.356 e. The Kier molecular flexibility index (Phi) is 9.06. The summed E-state index contributed by atoms with van der Waals surface area (Å²) in [6.07, 6.45) is 3.84. The van der Waals surface area contributed by atoms with Crippen LogP contribution >= 0.6 is 0 Å². The highest BCUT2D eigenvalue weighted by molar-refractivity contribution is 5.79. The van der Waals surface area contributed by atoms with Gasteiger partial charge in [0.25, 0.3) is 0 Å². The highest BCUT2D eigenvalue weighted by Crippen LogP contribution is 2.04. The molecule has 0 amide bonds. The Bertz CT molecular complexity index is 186. The largest absolute Gasteiger partial charge is 0.356 e. The molecular weight excluding hydrogens is 198 g/mol. The van der Waals surface area contributed by atoms with Crippen molar-refractivity contribution in [3.05, 3.63) is 0 Å². The molecular formula is C13H29N3. The van der Waals surface area contributed by atoms with Gasteiger partial charge in [0.1, 0.15) is 0 Å². The second kappa shape index (κ2) is 9.49. The van der Waals surface area contributed by atoms with Crippen molar-refractivity contribution in [2.45, 2.75) is 47.0 Å². The molecule has 0 atom stereocenters. The standard InChI is InChI=1S/C13H29N3/c1-11(2)8-6-7-9-15-13(14-5)16-10-12(3)4/h11-12H,6-10H2,1-5H3,(H2,14,15,16). The van der Waals surface area contributed by atoms with Crippen LogP contribution < -0.4 is 10.6 Å². The lowest BCUT2D eigenvalue weighted by Crippen LogP contribution is -2.39. The quantitative estimate of drug-likeness (QED) is 0.398. The summed E-state index contributed by atoms with van der Waals surface area (Å²) >= 11 is 0. The number of unbranched alkanes of at least 4 members (excludes halogenated alkanes) is 1. The zero-order valence-corrected chi connectivity index (χ0v) is 11.6. The third-order valence-electron chi connectivity index (χ3n) is 2.40. The number of nitrogens with zero attached hydrogens (tertiary/aromatic N) is 1. The van der Waals surface area contributed by atoms with E-state index >= 15 is 0 Å². The van der Waals surface area contributed by atoms with Crippen molar-refractivity contribution in [1.29, 1.82) is 0 Å². The smallest absolute Gasteiger partial charge is 0.190 e. The predicted molar refractivity (Wildman–Crippen MR) is 72.9 cm³/mol. The van der Waals surface area contributed by atoms with Gasteiger partial charge in [-0.05, 0) is 18.3 Å². The van der Waals surface area contributed by atoms with Crippen molar-refractivity contribution in [3.8, 4) is 0 Å². The molecule has 0 aliphatic carbocycles. The SMILES string of the molecule is CN=C(NCCCCC(C)C)NCC(C)C. The van der Waals surface area contributed by atoms with Gasteiger partial charge in [-0.1, -0.05) is 40.5 Å². The van der Waals surface area contributed by atoms with Gasteiger partial charge in [0, 0.05) is 20.1 Å². The minimum absolute atomic E-state index is 0.652. The Morgan fingerprint density at radius 3 is 2.19 bits per heavy atom. The fraction of sp³-hybridized carbons (Fsp3) is 0.923.